The summed E-state index contributed by atoms with van der Waals surface area (Å²) in [6, 6.07) is 7.06. The highest BCUT2D eigenvalue weighted by atomic mass is 35.5. The van der Waals surface area contributed by atoms with E-state index in [2.05, 4.69) is 0 Å². The van der Waals surface area contributed by atoms with Crippen LogP contribution in [0.4, 0.5) is 0 Å². The van der Waals surface area contributed by atoms with Crippen LogP contribution in [0, 0.1) is 11.8 Å². The zero-order valence-electron chi connectivity index (χ0n) is 10.5. The number of halogens is 1. The van der Waals surface area contributed by atoms with E-state index in [1.54, 1.807) is 24.3 Å². The predicted molar refractivity (Wildman–Crippen MR) is 78.1 cm³/mol. The maximum Gasteiger partial charge on any atom is 0.310 e. The number of thioether (sulfide) groups is 1. The molecule has 1 aliphatic rings. The summed E-state index contributed by atoms with van der Waals surface area (Å²) >= 11 is 7.77. The predicted octanol–water partition coefficient (Wildman–Crippen LogP) is 3.56. The lowest BCUT2D eigenvalue weighted by molar-refractivity contribution is -0.145. The van der Waals surface area contributed by atoms with Gasteiger partial charge in [-0.15, -0.1) is 0 Å². The Labute approximate surface area is 122 Å². The molecule has 3 nitrogen and oxygen atoms in total. The van der Waals surface area contributed by atoms with Crippen LogP contribution in [0.25, 0.3) is 0 Å². The highest BCUT2D eigenvalue weighted by Gasteiger charge is 2.30. The van der Waals surface area contributed by atoms with Crippen molar-refractivity contribution in [3.63, 3.8) is 0 Å². The van der Waals surface area contributed by atoms with Crippen molar-refractivity contribution in [2.75, 3.05) is 18.1 Å². The number of rotatable bonds is 5. The number of carboxylic acids is 1. The highest BCUT2D eigenvalue weighted by Crippen LogP contribution is 2.30. The van der Waals surface area contributed by atoms with Gasteiger partial charge in [0.25, 0.3) is 0 Å². The lowest BCUT2D eigenvalue weighted by Gasteiger charge is -2.27. The maximum atomic E-state index is 11.4. The van der Waals surface area contributed by atoms with Crippen LogP contribution in [0.1, 0.15) is 12.8 Å². The fourth-order valence-corrected chi connectivity index (χ4v) is 3.59. The van der Waals surface area contributed by atoms with E-state index in [0.717, 1.165) is 24.3 Å². The van der Waals surface area contributed by atoms with Gasteiger partial charge in [0, 0.05) is 5.02 Å². The molecule has 0 saturated carbocycles. The summed E-state index contributed by atoms with van der Waals surface area (Å²) in [5, 5.41) is 9.94. The molecule has 1 heterocycles. The molecular weight excluding hydrogens is 284 g/mol. The zero-order valence-corrected chi connectivity index (χ0v) is 12.1. The Bertz CT molecular complexity index is 432. The van der Waals surface area contributed by atoms with E-state index in [1.807, 2.05) is 11.8 Å². The average molecular weight is 301 g/mol. The van der Waals surface area contributed by atoms with Crippen molar-refractivity contribution in [2.24, 2.45) is 11.8 Å². The quantitative estimate of drug-likeness (QED) is 0.903. The number of benzene rings is 1. The van der Waals surface area contributed by atoms with Crippen LogP contribution < -0.4 is 4.74 Å². The number of carbonyl (C=O) groups is 1. The Morgan fingerprint density at radius 2 is 2.21 bits per heavy atom. The first-order chi connectivity index (χ1) is 9.16. The van der Waals surface area contributed by atoms with Crippen molar-refractivity contribution in [3.05, 3.63) is 29.3 Å². The van der Waals surface area contributed by atoms with E-state index >= 15 is 0 Å². The van der Waals surface area contributed by atoms with Crippen LogP contribution in [0.3, 0.4) is 0 Å². The summed E-state index contributed by atoms with van der Waals surface area (Å²) in [5.41, 5.74) is 0. The second-order valence-corrected chi connectivity index (χ2v) is 6.32. The summed E-state index contributed by atoms with van der Waals surface area (Å²) in [5.74, 6) is 1.75. The lowest BCUT2D eigenvalue weighted by Crippen LogP contribution is -2.31. The van der Waals surface area contributed by atoms with Crippen molar-refractivity contribution < 1.29 is 14.6 Å². The summed E-state index contributed by atoms with van der Waals surface area (Å²) in [7, 11) is 0. The van der Waals surface area contributed by atoms with Gasteiger partial charge in [-0.05, 0) is 48.5 Å². The number of hydrogen-bond acceptors (Lipinski definition) is 3. The van der Waals surface area contributed by atoms with E-state index in [1.165, 1.54) is 0 Å². The molecule has 1 N–H and O–H groups in total. The van der Waals surface area contributed by atoms with Crippen molar-refractivity contribution in [1.82, 2.24) is 0 Å². The minimum Gasteiger partial charge on any atom is -0.493 e. The van der Waals surface area contributed by atoms with Gasteiger partial charge >= 0.3 is 5.97 Å². The van der Waals surface area contributed by atoms with Gasteiger partial charge in [0.05, 0.1) is 5.92 Å². The fourth-order valence-electron chi connectivity index (χ4n) is 2.27. The molecular formula is C14H17ClO3S. The van der Waals surface area contributed by atoms with Crippen LogP contribution in [0.2, 0.25) is 5.02 Å². The molecule has 1 aliphatic heterocycles. The van der Waals surface area contributed by atoms with Gasteiger partial charge in [0.2, 0.25) is 0 Å². The maximum absolute atomic E-state index is 11.4. The number of aliphatic carboxylic acids is 1. The van der Waals surface area contributed by atoms with E-state index in [9.17, 15) is 9.90 Å². The Kier molecular flexibility index (Phi) is 5.40. The molecule has 0 bridgehead atoms. The van der Waals surface area contributed by atoms with Crippen molar-refractivity contribution in [3.8, 4) is 5.75 Å². The molecule has 1 unspecified atom stereocenters. The monoisotopic (exact) mass is 300 g/mol. The Balaban J connectivity index is 1.95. The van der Waals surface area contributed by atoms with E-state index in [0.29, 0.717) is 10.8 Å². The average Bonchev–Trinajstić information content (AvgIpc) is 2.40. The molecule has 0 amide bonds. The fraction of sp³-hybridized carbons (Fsp3) is 0.500. The third-order valence-corrected chi connectivity index (χ3v) is 4.66. The van der Waals surface area contributed by atoms with Gasteiger partial charge in [-0.2, -0.15) is 11.8 Å². The number of ether oxygens (including phenoxy) is 1. The molecule has 0 aliphatic carbocycles. The van der Waals surface area contributed by atoms with Crippen LogP contribution in [-0.2, 0) is 4.79 Å². The second-order valence-electron chi connectivity index (χ2n) is 4.66. The van der Waals surface area contributed by atoms with E-state index < -0.39 is 11.9 Å². The van der Waals surface area contributed by atoms with Gasteiger partial charge in [-0.25, -0.2) is 0 Å². The smallest absolute Gasteiger partial charge is 0.310 e. The molecule has 1 atom stereocenters. The van der Waals surface area contributed by atoms with Gasteiger partial charge in [-0.3, -0.25) is 4.79 Å². The third kappa shape index (κ3) is 4.32. The Morgan fingerprint density at radius 1 is 1.47 bits per heavy atom. The van der Waals surface area contributed by atoms with Gasteiger partial charge in [0.1, 0.15) is 12.4 Å². The molecule has 5 heteroatoms. The lowest BCUT2D eigenvalue weighted by atomic mass is 9.88. The molecule has 1 saturated heterocycles. The Morgan fingerprint density at radius 3 is 2.84 bits per heavy atom. The summed E-state index contributed by atoms with van der Waals surface area (Å²) in [4.78, 5) is 11.4. The number of carboxylic acid groups (broad SMARTS) is 1. The van der Waals surface area contributed by atoms with Crippen LogP contribution in [-0.4, -0.2) is 29.2 Å². The largest absolute Gasteiger partial charge is 0.493 e. The molecule has 0 radical (unpaired) electrons. The first kappa shape index (κ1) is 14.5. The van der Waals surface area contributed by atoms with Gasteiger partial charge < -0.3 is 9.84 Å². The molecule has 104 valence electrons. The normalized spacial score (nSPS) is 17.9. The minimum absolute atomic E-state index is 0.213. The second kappa shape index (κ2) is 7.06. The molecule has 1 fully saturated rings. The summed E-state index contributed by atoms with van der Waals surface area (Å²) in [6.07, 6.45) is 1.92. The topological polar surface area (TPSA) is 46.5 Å². The molecule has 2 rings (SSSR count). The minimum atomic E-state index is -0.765. The highest BCUT2D eigenvalue weighted by molar-refractivity contribution is 7.99. The zero-order chi connectivity index (χ0) is 13.7. The standard InChI is InChI=1S/C14H17ClO3S/c15-11-2-1-3-12(8-11)18-9-13(14(16)17)10-4-6-19-7-5-10/h1-3,8,10,13H,4-7,9H2,(H,16,17). The van der Waals surface area contributed by atoms with Crippen molar-refractivity contribution >= 4 is 29.3 Å². The van der Waals surface area contributed by atoms with Gasteiger partial charge in [0.15, 0.2) is 0 Å². The summed E-state index contributed by atoms with van der Waals surface area (Å²) in [6.45, 7) is 0.213. The third-order valence-electron chi connectivity index (χ3n) is 3.38. The van der Waals surface area contributed by atoms with E-state index in [-0.39, 0.29) is 12.5 Å². The first-order valence-corrected chi connectivity index (χ1v) is 7.89. The molecule has 19 heavy (non-hydrogen) atoms. The molecule has 0 aromatic heterocycles. The van der Waals surface area contributed by atoms with Crippen LogP contribution in [0.5, 0.6) is 5.75 Å². The van der Waals surface area contributed by atoms with Gasteiger partial charge in [-0.1, -0.05) is 17.7 Å². The molecule has 1 aromatic rings. The van der Waals surface area contributed by atoms with Crippen LogP contribution >= 0.6 is 23.4 Å². The van der Waals surface area contributed by atoms with Crippen molar-refractivity contribution in [2.45, 2.75) is 12.8 Å². The molecule has 1 aromatic carbocycles. The van der Waals surface area contributed by atoms with E-state index in [4.69, 9.17) is 16.3 Å². The SMILES string of the molecule is O=C(O)C(COc1cccc(Cl)c1)C1CCSCC1. The number of hydrogen-bond donors (Lipinski definition) is 1. The van der Waals surface area contributed by atoms with Crippen molar-refractivity contribution in [1.29, 1.82) is 0 Å². The van der Waals surface area contributed by atoms with Crippen LogP contribution in [0.15, 0.2) is 24.3 Å². The summed E-state index contributed by atoms with van der Waals surface area (Å²) < 4.78 is 5.59. The Hall–Kier alpha value is -0.870. The first-order valence-electron chi connectivity index (χ1n) is 6.35. The molecule has 0 spiro atoms.